The van der Waals surface area contributed by atoms with E-state index >= 15 is 0 Å². The molecule has 1 saturated heterocycles. The van der Waals surface area contributed by atoms with Gasteiger partial charge in [-0.3, -0.25) is 4.79 Å². The van der Waals surface area contributed by atoms with Crippen molar-refractivity contribution in [3.63, 3.8) is 0 Å². The van der Waals surface area contributed by atoms with E-state index in [0.717, 1.165) is 0 Å². The number of carbonyl (C=O) groups excluding carboxylic acids is 1. The first-order chi connectivity index (χ1) is 11.2. The largest absolute Gasteiger partial charge is 0.474 e. The molecule has 2 N–H and O–H groups in total. The number of aromatic nitrogens is 4. The number of ether oxygens (including phenoxy) is 2. The Hall–Kier alpha value is -2.84. The number of H-pyrrole nitrogens is 2. The highest BCUT2D eigenvalue weighted by atomic mass is 16.5. The van der Waals surface area contributed by atoms with Crippen molar-refractivity contribution < 1.29 is 14.3 Å². The molecule has 0 radical (unpaired) electrons. The maximum absolute atomic E-state index is 12.2. The van der Waals surface area contributed by atoms with Crippen molar-refractivity contribution in [3.8, 4) is 11.9 Å². The van der Waals surface area contributed by atoms with Gasteiger partial charge in [-0.05, 0) is 0 Å². The SMILES string of the molecule is COc1nccc(OC2CCN(C(=O)c3c[nH]c(=O)[nH]3)CC2)n1. The second kappa shape index (κ2) is 6.51. The number of piperidine rings is 1. The first kappa shape index (κ1) is 15.1. The number of imidazole rings is 1. The quantitative estimate of drug-likeness (QED) is 0.831. The Morgan fingerprint density at radius 1 is 1.39 bits per heavy atom. The summed E-state index contributed by atoms with van der Waals surface area (Å²) in [5.41, 5.74) is -0.112. The summed E-state index contributed by atoms with van der Waals surface area (Å²) in [6.07, 6.45) is 4.31. The van der Waals surface area contributed by atoms with E-state index in [0.29, 0.717) is 31.8 Å². The molecule has 122 valence electrons. The number of hydrogen-bond donors (Lipinski definition) is 2. The summed E-state index contributed by atoms with van der Waals surface area (Å²) < 4.78 is 10.8. The average molecular weight is 319 g/mol. The molecule has 0 atom stereocenters. The third-order valence-corrected chi connectivity index (χ3v) is 3.63. The zero-order valence-electron chi connectivity index (χ0n) is 12.6. The van der Waals surface area contributed by atoms with Gasteiger partial charge in [-0.2, -0.15) is 4.98 Å². The number of nitrogens with zero attached hydrogens (tertiary/aromatic N) is 3. The maximum atomic E-state index is 12.2. The second-order valence-electron chi connectivity index (χ2n) is 5.15. The topological polar surface area (TPSA) is 113 Å². The highest BCUT2D eigenvalue weighted by molar-refractivity contribution is 5.92. The monoisotopic (exact) mass is 319 g/mol. The summed E-state index contributed by atoms with van der Waals surface area (Å²) in [4.78, 5) is 37.9. The number of nitrogens with one attached hydrogen (secondary N) is 2. The molecule has 0 aliphatic carbocycles. The third kappa shape index (κ3) is 3.50. The van der Waals surface area contributed by atoms with Crippen LogP contribution in [0.3, 0.4) is 0 Å². The number of methoxy groups -OCH3 is 1. The van der Waals surface area contributed by atoms with E-state index in [1.165, 1.54) is 13.3 Å². The fourth-order valence-corrected chi connectivity index (χ4v) is 2.45. The predicted octanol–water partition coefficient (Wildman–Crippen LogP) is 0.185. The molecule has 0 bridgehead atoms. The van der Waals surface area contributed by atoms with Crippen molar-refractivity contribution in [3.05, 3.63) is 34.6 Å². The third-order valence-electron chi connectivity index (χ3n) is 3.63. The van der Waals surface area contributed by atoms with E-state index in [9.17, 15) is 9.59 Å². The molecule has 3 rings (SSSR count). The first-order valence-electron chi connectivity index (χ1n) is 7.26. The Kier molecular flexibility index (Phi) is 4.26. The van der Waals surface area contributed by atoms with Crippen molar-refractivity contribution in [2.24, 2.45) is 0 Å². The molecule has 0 saturated carbocycles. The van der Waals surface area contributed by atoms with Crippen molar-refractivity contribution in [1.82, 2.24) is 24.8 Å². The molecule has 0 unspecified atom stereocenters. The van der Waals surface area contributed by atoms with Crippen LogP contribution in [0.15, 0.2) is 23.3 Å². The van der Waals surface area contributed by atoms with Gasteiger partial charge in [0.2, 0.25) is 5.88 Å². The van der Waals surface area contributed by atoms with Crippen LogP contribution in [0.4, 0.5) is 0 Å². The molecule has 1 aliphatic heterocycles. The smallest absolute Gasteiger partial charge is 0.323 e. The lowest BCUT2D eigenvalue weighted by molar-refractivity contribution is 0.0581. The average Bonchev–Trinajstić information content (AvgIpc) is 3.01. The van der Waals surface area contributed by atoms with Crippen LogP contribution >= 0.6 is 0 Å². The molecule has 1 aliphatic rings. The Morgan fingerprint density at radius 2 is 2.17 bits per heavy atom. The number of carbonyl (C=O) groups is 1. The van der Waals surface area contributed by atoms with Crippen molar-refractivity contribution in [2.45, 2.75) is 18.9 Å². The van der Waals surface area contributed by atoms with E-state index in [1.54, 1.807) is 17.2 Å². The number of aromatic amines is 2. The molecule has 1 fully saturated rings. The Bertz CT molecular complexity index is 733. The van der Waals surface area contributed by atoms with Crippen molar-refractivity contribution in [1.29, 1.82) is 0 Å². The predicted molar refractivity (Wildman–Crippen MR) is 79.6 cm³/mol. The fourth-order valence-electron chi connectivity index (χ4n) is 2.45. The van der Waals surface area contributed by atoms with Gasteiger partial charge < -0.3 is 24.3 Å². The van der Waals surface area contributed by atoms with Gasteiger partial charge in [0.05, 0.1) is 7.11 Å². The first-order valence-corrected chi connectivity index (χ1v) is 7.26. The number of amides is 1. The Labute approximate surface area is 131 Å². The molecule has 0 spiro atoms. The van der Waals surface area contributed by atoms with Gasteiger partial charge in [-0.15, -0.1) is 0 Å². The summed E-state index contributed by atoms with van der Waals surface area (Å²) in [6, 6.07) is 1.93. The van der Waals surface area contributed by atoms with Gasteiger partial charge >= 0.3 is 11.7 Å². The second-order valence-corrected chi connectivity index (χ2v) is 5.15. The van der Waals surface area contributed by atoms with Gasteiger partial charge in [0.15, 0.2) is 0 Å². The van der Waals surface area contributed by atoms with Gasteiger partial charge in [0.1, 0.15) is 11.8 Å². The minimum absolute atomic E-state index is 0.0241. The van der Waals surface area contributed by atoms with Crippen LogP contribution in [-0.4, -0.2) is 57.0 Å². The van der Waals surface area contributed by atoms with E-state index in [4.69, 9.17) is 9.47 Å². The minimum Gasteiger partial charge on any atom is -0.474 e. The maximum Gasteiger partial charge on any atom is 0.323 e. The summed E-state index contributed by atoms with van der Waals surface area (Å²) in [5.74, 6) is 0.266. The number of hydrogen-bond acceptors (Lipinski definition) is 6. The van der Waals surface area contributed by atoms with Crippen LogP contribution in [0.5, 0.6) is 11.9 Å². The minimum atomic E-state index is -0.385. The molecule has 3 heterocycles. The van der Waals surface area contributed by atoms with Crippen LogP contribution in [0.25, 0.3) is 0 Å². The summed E-state index contributed by atoms with van der Waals surface area (Å²) in [7, 11) is 1.49. The lowest BCUT2D eigenvalue weighted by Gasteiger charge is -2.31. The standard InChI is InChI=1S/C14H17N5O4/c1-22-14-15-5-2-11(18-14)23-9-3-6-19(7-4-9)12(20)10-8-16-13(21)17-10/h2,5,8-9H,3-4,6-7H2,1H3,(H2,16,17,21). The Balaban J connectivity index is 1.55. The van der Waals surface area contributed by atoms with Gasteiger partial charge in [0.25, 0.3) is 5.91 Å². The van der Waals surface area contributed by atoms with Crippen LogP contribution in [-0.2, 0) is 0 Å². The van der Waals surface area contributed by atoms with Crippen molar-refractivity contribution >= 4 is 5.91 Å². The molecular formula is C14H17N5O4. The van der Waals surface area contributed by atoms with Crippen LogP contribution < -0.4 is 15.2 Å². The van der Waals surface area contributed by atoms with E-state index in [-0.39, 0.29) is 29.4 Å². The normalized spacial score (nSPS) is 15.4. The molecule has 2 aromatic heterocycles. The molecule has 1 amide bonds. The molecule has 9 nitrogen and oxygen atoms in total. The van der Waals surface area contributed by atoms with Gasteiger partial charge in [0, 0.05) is 44.4 Å². The van der Waals surface area contributed by atoms with Crippen molar-refractivity contribution in [2.75, 3.05) is 20.2 Å². The van der Waals surface area contributed by atoms with E-state index < -0.39 is 0 Å². The van der Waals surface area contributed by atoms with Crippen LogP contribution in [0.1, 0.15) is 23.3 Å². The molecule has 9 heteroatoms. The van der Waals surface area contributed by atoms with E-state index in [2.05, 4.69) is 19.9 Å². The zero-order chi connectivity index (χ0) is 16.2. The molecule has 0 aromatic carbocycles. The summed E-state index contributed by atoms with van der Waals surface area (Å²) >= 11 is 0. The van der Waals surface area contributed by atoms with E-state index in [1.807, 2.05) is 0 Å². The Morgan fingerprint density at radius 3 is 2.83 bits per heavy atom. The van der Waals surface area contributed by atoms with Crippen LogP contribution in [0, 0.1) is 0 Å². The van der Waals surface area contributed by atoms with Crippen LogP contribution in [0.2, 0.25) is 0 Å². The lowest BCUT2D eigenvalue weighted by Crippen LogP contribution is -2.42. The number of likely N-dealkylation sites (tertiary alicyclic amines) is 1. The summed E-state index contributed by atoms with van der Waals surface area (Å²) in [6.45, 7) is 1.11. The van der Waals surface area contributed by atoms with Gasteiger partial charge in [-0.25, -0.2) is 9.78 Å². The highest BCUT2D eigenvalue weighted by Gasteiger charge is 2.25. The highest BCUT2D eigenvalue weighted by Crippen LogP contribution is 2.19. The zero-order valence-corrected chi connectivity index (χ0v) is 12.6. The fraction of sp³-hybridized carbons (Fsp3) is 0.429. The number of rotatable bonds is 4. The molecular weight excluding hydrogens is 302 g/mol. The molecule has 23 heavy (non-hydrogen) atoms. The molecule has 2 aromatic rings. The summed E-state index contributed by atoms with van der Waals surface area (Å²) in [5, 5.41) is 0. The van der Waals surface area contributed by atoms with Gasteiger partial charge in [-0.1, -0.05) is 0 Å². The lowest BCUT2D eigenvalue weighted by atomic mass is 10.1.